The molecule has 0 aliphatic carbocycles. The topological polar surface area (TPSA) is 56.8 Å². The lowest BCUT2D eigenvalue weighted by molar-refractivity contribution is -0.141. The normalized spacial score (nSPS) is 15.5. The van der Waals surface area contributed by atoms with Gasteiger partial charge < -0.3 is 14.7 Å². The third-order valence-electron chi connectivity index (χ3n) is 6.71. The monoisotopic (exact) mass is 506 g/mol. The number of alkyl halides is 3. The van der Waals surface area contributed by atoms with Gasteiger partial charge in [0.05, 0.1) is 5.56 Å². The largest absolute Gasteiger partial charge is 0.434 e. The van der Waals surface area contributed by atoms with Crippen molar-refractivity contribution in [2.75, 3.05) is 37.6 Å². The summed E-state index contributed by atoms with van der Waals surface area (Å²) in [6.07, 6.45) is 0.497. The molecule has 1 fully saturated rings. The van der Waals surface area contributed by atoms with Gasteiger partial charge in [0.15, 0.2) is 5.69 Å². The van der Waals surface area contributed by atoms with Gasteiger partial charge in [-0.1, -0.05) is 30.4 Å². The summed E-state index contributed by atoms with van der Waals surface area (Å²) in [5.74, 6) is -0.901. The molecule has 9 heteroatoms. The lowest BCUT2D eigenvalue weighted by Crippen LogP contribution is -2.50. The van der Waals surface area contributed by atoms with E-state index in [0.29, 0.717) is 5.56 Å². The SMILES string of the molecule is Cc1cc(C(=O)N2CCN(C(=O)c3cccnc3C(F)(F)F)CC2)ccc1N1CC=Cc2ccccc21. The van der Waals surface area contributed by atoms with Gasteiger partial charge in [-0.2, -0.15) is 13.2 Å². The van der Waals surface area contributed by atoms with Crippen LogP contribution in [0.5, 0.6) is 0 Å². The number of benzene rings is 2. The Kier molecular flexibility index (Phi) is 6.45. The molecule has 0 N–H and O–H groups in total. The van der Waals surface area contributed by atoms with Gasteiger partial charge in [0.1, 0.15) is 0 Å². The van der Waals surface area contributed by atoms with Crippen molar-refractivity contribution in [1.82, 2.24) is 14.8 Å². The van der Waals surface area contributed by atoms with Crippen molar-refractivity contribution in [1.29, 1.82) is 0 Å². The summed E-state index contributed by atoms with van der Waals surface area (Å²) < 4.78 is 39.9. The number of amides is 2. The van der Waals surface area contributed by atoms with Crippen molar-refractivity contribution in [3.63, 3.8) is 0 Å². The van der Waals surface area contributed by atoms with Crippen LogP contribution in [0.25, 0.3) is 6.08 Å². The average Bonchev–Trinajstić information content (AvgIpc) is 2.91. The number of rotatable bonds is 3. The fourth-order valence-electron chi connectivity index (χ4n) is 4.85. The molecular weight excluding hydrogens is 481 g/mol. The summed E-state index contributed by atoms with van der Waals surface area (Å²) in [4.78, 5) is 34.6. The van der Waals surface area contributed by atoms with Crippen LogP contribution in [0, 0.1) is 6.92 Å². The number of hydrogen-bond acceptors (Lipinski definition) is 4. The lowest BCUT2D eigenvalue weighted by atomic mass is 10.0. The standard InChI is InChI=1S/C28H25F3N4O2/c1-19-18-21(10-11-23(19)35-13-5-7-20-6-2-3-9-24(20)35)26(36)33-14-16-34(17-15-33)27(37)22-8-4-12-32-25(22)28(29,30)31/h2-12,18H,13-17H2,1H3. The molecular formula is C28H25F3N4O2. The van der Waals surface area contributed by atoms with Crippen molar-refractivity contribution in [2.24, 2.45) is 0 Å². The smallest absolute Gasteiger partial charge is 0.337 e. The second-order valence-corrected chi connectivity index (χ2v) is 9.05. The van der Waals surface area contributed by atoms with E-state index in [2.05, 4.69) is 34.2 Å². The van der Waals surface area contributed by atoms with Crippen LogP contribution >= 0.6 is 0 Å². The minimum absolute atomic E-state index is 0.144. The highest BCUT2D eigenvalue weighted by Crippen LogP contribution is 2.35. The van der Waals surface area contributed by atoms with Crippen LogP contribution in [0.4, 0.5) is 24.5 Å². The Morgan fingerprint density at radius 2 is 1.57 bits per heavy atom. The summed E-state index contributed by atoms with van der Waals surface area (Å²) in [6, 6.07) is 16.2. The molecule has 37 heavy (non-hydrogen) atoms. The van der Waals surface area contributed by atoms with Gasteiger partial charge in [-0.15, -0.1) is 0 Å². The van der Waals surface area contributed by atoms with E-state index in [1.165, 1.54) is 11.0 Å². The summed E-state index contributed by atoms with van der Waals surface area (Å²) >= 11 is 0. The molecule has 0 saturated carbocycles. The first-order valence-electron chi connectivity index (χ1n) is 12.0. The molecule has 0 spiro atoms. The van der Waals surface area contributed by atoms with Crippen molar-refractivity contribution in [2.45, 2.75) is 13.1 Å². The minimum Gasteiger partial charge on any atom is -0.337 e. The first-order valence-corrected chi connectivity index (χ1v) is 12.0. The molecule has 1 saturated heterocycles. The van der Waals surface area contributed by atoms with E-state index in [0.717, 1.165) is 41.3 Å². The quantitative estimate of drug-likeness (QED) is 0.492. The average molecular weight is 507 g/mol. The van der Waals surface area contributed by atoms with Gasteiger partial charge in [0.25, 0.3) is 11.8 Å². The van der Waals surface area contributed by atoms with Crippen molar-refractivity contribution in [3.8, 4) is 0 Å². The number of carbonyl (C=O) groups excluding carboxylic acids is 2. The zero-order chi connectivity index (χ0) is 26.2. The number of carbonyl (C=O) groups is 2. The number of aryl methyl sites for hydroxylation is 1. The van der Waals surface area contributed by atoms with Crippen LogP contribution < -0.4 is 4.90 Å². The number of fused-ring (bicyclic) bond motifs is 1. The molecule has 2 aliphatic rings. The van der Waals surface area contributed by atoms with E-state index in [4.69, 9.17) is 0 Å². The van der Waals surface area contributed by atoms with Gasteiger partial charge in [0.2, 0.25) is 0 Å². The molecule has 3 heterocycles. The number of pyridine rings is 1. The second-order valence-electron chi connectivity index (χ2n) is 9.05. The Labute approximate surface area is 212 Å². The van der Waals surface area contributed by atoms with Gasteiger partial charge in [-0.05, 0) is 54.4 Å². The predicted octanol–water partition coefficient (Wildman–Crippen LogP) is 5.17. The highest BCUT2D eigenvalue weighted by molar-refractivity contribution is 5.97. The van der Waals surface area contributed by atoms with Crippen molar-refractivity contribution in [3.05, 3.63) is 94.8 Å². The number of anilines is 2. The van der Waals surface area contributed by atoms with Crippen LogP contribution in [0.2, 0.25) is 0 Å². The summed E-state index contributed by atoms with van der Waals surface area (Å²) in [5, 5.41) is 0. The maximum absolute atomic E-state index is 13.3. The molecule has 0 radical (unpaired) electrons. The van der Waals surface area contributed by atoms with Gasteiger partial charge in [-0.25, -0.2) is 0 Å². The third-order valence-corrected chi connectivity index (χ3v) is 6.71. The van der Waals surface area contributed by atoms with Gasteiger partial charge in [-0.3, -0.25) is 14.6 Å². The third kappa shape index (κ3) is 4.81. The van der Waals surface area contributed by atoms with Gasteiger partial charge >= 0.3 is 6.18 Å². The van der Waals surface area contributed by atoms with E-state index >= 15 is 0 Å². The molecule has 0 unspecified atom stereocenters. The van der Waals surface area contributed by atoms with E-state index in [1.807, 2.05) is 31.2 Å². The highest BCUT2D eigenvalue weighted by atomic mass is 19.4. The maximum atomic E-state index is 13.3. The molecule has 0 bridgehead atoms. The van der Waals surface area contributed by atoms with Crippen molar-refractivity contribution >= 4 is 29.3 Å². The molecule has 2 amide bonds. The molecule has 1 aromatic heterocycles. The first kappa shape index (κ1) is 24.5. The number of halogens is 3. The van der Waals surface area contributed by atoms with Crippen LogP contribution in [-0.2, 0) is 6.18 Å². The molecule has 190 valence electrons. The molecule has 3 aromatic rings. The van der Waals surface area contributed by atoms with E-state index in [9.17, 15) is 22.8 Å². The second kappa shape index (κ2) is 9.72. The maximum Gasteiger partial charge on any atom is 0.434 e. The number of hydrogen-bond donors (Lipinski definition) is 0. The Morgan fingerprint density at radius 3 is 2.27 bits per heavy atom. The lowest BCUT2D eigenvalue weighted by Gasteiger charge is -2.35. The zero-order valence-corrected chi connectivity index (χ0v) is 20.2. The molecule has 2 aromatic carbocycles. The van der Waals surface area contributed by atoms with E-state index in [-0.39, 0.29) is 32.1 Å². The predicted molar refractivity (Wildman–Crippen MR) is 135 cm³/mol. The number of para-hydroxylation sites is 1. The Morgan fingerprint density at radius 1 is 0.865 bits per heavy atom. The zero-order valence-electron chi connectivity index (χ0n) is 20.2. The highest BCUT2D eigenvalue weighted by Gasteiger charge is 2.38. The Hall–Kier alpha value is -4.14. The Bertz CT molecular complexity index is 1380. The number of nitrogens with zero attached hydrogens (tertiary/aromatic N) is 4. The molecule has 2 aliphatic heterocycles. The van der Waals surface area contributed by atoms with Crippen LogP contribution in [0.1, 0.15) is 37.5 Å². The molecule has 6 nitrogen and oxygen atoms in total. The van der Waals surface area contributed by atoms with Crippen molar-refractivity contribution < 1.29 is 22.8 Å². The summed E-state index contributed by atoms with van der Waals surface area (Å²) in [7, 11) is 0. The fourth-order valence-corrected chi connectivity index (χ4v) is 4.85. The fraction of sp³-hybridized carbons (Fsp3) is 0.250. The summed E-state index contributed by atoms with van der Waals surface area (Å²) in [6.45, 7) is 3.45. The number of piperazine rings is 1. The van der Waals surface area contributed by atoms with Crippen LogP contribution in [0.3, 0.4) is 0 Å². The van der Waals surface area contributed by atoms with E-state index in [1.54, 1.807) is 11.0 Å². The van der Waals surface area contributed by atoms with Gasteiger partial charge in [0, 0.05) is 55.9 Å². The van der Waals surface area contributed by atoms with Crippen LogP contribution in [0.15, 0.2) is 66.9 Å². The van der Waals surface area contributed by atoms with E-state index < -0.39 is 23.3 Å². The first-order chi connectivity index (χ1) is 17.7. The molecule has 0 atom stereocenters. The molecule has 5 rings (SSSR count). The minimum atomic E-state index is -4.72. The van der Waals surface area contributed by atoms with Crippen LogP contribution in [-0.4, -0.2) is 59.3 Å². The summed E-state index contributed by atoms with van der Waals surface area (Å²) in [5.41, 5.74) is 3.08. The Balaban J connectivity index is 1.27. The number of aromatic nitrogens is 1.